The van der Waals surface area contributed by atoms with Crippen molar-refractivity contribution in [1.29, 1.82) is 5.26 Å². The normalized spacial score (nSPS) is 15.6. The number of urea groups is 1. The van der Waals surface area contributed by atoms with Crippen LogP contribution < -0.4 is 5.32 Å². The molecule has 1 aliphatic rings. The van der Waals surface area contributed by atoms with Crippen LogP contribution in [0.2, 0.25) is 0 Å². The highest BCUT2D eigenvalue weighted by Crippen LogP contribution is 2.30. The topological polar surface area (TPSA) is 108 Å². The number of halogens is 1. The molecule has 0 bridgehead atoms. The molecular weight excluding hydrogens is 363 g/mol. The van der Waals surface area contributed by atoms with Gasteiger partial charge in [0.25, 0.3) is 0 Å². The standard InChI is InChI=1S/C19H15FN6O2/c1-11-7-16-14(17(25-28-16)18-22-5-2-6-23-18)10-26(11)19(27)24-13-3-4-15(20)12(8-13)9-21/h2-6,8,11H,7,10H2,1H3,(H,24,27)/t11-/m0/s1. The summed E-state index contributed by atoms with van der Waals surface area (Å²) in [6.07, 6.45) is 3.72. The predicted molar refractivity (Wildman–Crippen MR) is 96.4 cm³/mol. The summed E-state index contributed by atoms with van der Waals surface area (Å²) in [5.41, 5.74) is 1.48. The molecule has 9 heteroatoms. The van der Waals surface area contributed by atoms with Gasteiger partial charge in [0.05, 0.1) is 12.1 Å². The summed E-state index contributed by atoms with van der Waals surface area (Å²) in [5, 5.41) is 15.7. The highest BCUT2D eigenvalue weighted by Gasteiger charge is 2.33. The number of hydrogen-bond donors (Lipinski definition) is 1. The van der Waals surface area contributed by atoms with Gasteiger partial charge in [-0.3, -0.25) is 0 Å². The molecular formula is C19H15FN6O2. The average Bonchev–Trinajstić information content (AvgIpc) is 3.12. The third kappa shape index (κ3) is 3.16. The van der Waals surface area contributed by atoms with Gasteiger partial charge in [0.2, 0.25) is 0 Å². The Labute approximate surface area is 159 Å². The molecule has 0 fully saturated rings. The third-order valence-corrected chi connectivity index (χ3v) is 4.59. The predicted octanol–water partition coefficient (Wildman–Crippen LogP) is 3.12. The number of rotatable bonds is 2. The van der Waals surface area contributed by atoms with Crippen molar-refractivity contribution in [2.75, 3.05) is 5.32 Å². The quantitative estimate of drug-likeness (QED) is 0.734. The summed E-state index contributed by atoms with van der Waals surface area (Å²) in [7, 11) is 0. The Morgan fingerprint density at radius 1 is 1.39 bits per heavy atom. The molecule has 3 heterocycles. The molecule has 2 amide bonds. The van der Waals surface area contributed by atoms with E-state index in [-0.39, 0.29) is 24.2 Å². The van der Waals surface area contributed by atoms with E-state index in [4.69, 9.17) is 9.78 Å². The van der Waals surface area contributed by atoms with E-state index in [1.165, 1.54) is 12.1 Å². The number of fused-ring (bicyclic) bond motifs is 1. The maximum atomic E-state index is 13.5. The summed E-state index contributed by atoms with van der Waals surface area (Å²) >= 11 is 0. The fourth-order valence-corrected chi connectivity index (χ4v) is 3.12. The SMILES string of the molecule is C[C@H]1Cc2onc(-c3ncccn3)c2CN1C(=O)Nc1ccc(F)c(C#N)c1. The van der Waals surface area contributed by atoms with Gasteiger partial charge in [-0.25, -0.2) is 19.2 Å². The first-order chi connectivity index (χ1) is 13.6. The van der Waals surface area contributed by atoms with Gasteiger partial charge in [0.1, 0.15) is 17.6 Å². The van der Waals surface area contributed by atoms with Gasteiger partial charge < -0.3 is 14.7 Å². The van der Waals surface area contributed by atoms with Crippen molar-refractivity contribution in [3.63, 3.8) is 0 Å². The molecule has 2 aromatic heterocycles. The van der Waals surface area contributed by atoms with Crippen molar-refractivity contribution in [2.24, 2.45) is 0 Å². The van der Waals surface area contributed by atoms with Crippen LogP contribution in [-0.4, -0.2) is 32.1 Å². The van der Waals surface area contributed by atoms with Gasteiger partial charge in [-0.1, -0.05) is 5.16 Å². The number of aromatic nitrogens is 3. The zero-order valence-corrected chi connectivity index (χ0v) is 14.9. The number of nitriles is 1. The lowest BCUT2D eigenvalue weighted by molar-refractivity contribution is 0.176. The summed E-state index contributed by atoms with van der Waals surface area (Å²) in [6, 6.07) is 6.82. The molecule has 0 saturated heterocycles. The van der Waals surface area contributed by atoms with Gasteiger partial charge >= 0.3 is 6.03 Å². The maximum Gasteiger partial charge on any atom is 0.322 e. The number of nitrogens with zero attached hydrogens (tertiary/aromatic N) is 5. The van der Waals surface area contributed by atoms with Crippen LogP contribution in [0.25, 0.3) is 11.5 Å². The van der Waals surface area contributed by atoms with Crippen LogP contribution in [0, 0.1) is 17.1 Å². The molecule has 0 saturated carbocycles. The van der Waals surface area contributed by atoms with Gasteiger partial charge in [-0.2, -0.15) is 5.26 Å². The second-order valence-corrected chi connectivity index (χ2v) is 6.42. The lowest BCUT2D eigenvalue weighted by atomic mass is 10.0. The molecule has 1 N–H and O–H groups in total. The Morgan fingerprint density at radius 2 is 2.18 bits per heavy atom. The average molecular weight is 378 g/mol. The van der Waals surface area contributed by atoms with Crippen LogP contribution in [0.5, 0.6) is 0 Å². The smallest absolute Gasteiger partial charge is 0.322 e. The van der Waals surface area contributed by atoms with Crippen molar-refractivity contribution in [2.45, 2.75) is 25.9 Å². The largest absolute Gasteiger partial charge is 0.360 e. The fraction of sp³-hybridized carbons (Fsp3) is 0.211. The monoisotopic (exact) mass is 378 g/mol. The first kappa shape index (κ1) is 17.6. The van der Waals surface area contributed by atoms with E-state index in [1.807, 2.05) is 6.92 Å². The Morgan fingerprint density at radius 3 is 2.93 bits per heavy atom. The number of hydrogen-bond acceptors (Lipinski definition) is 6. The number of carbonyl (C=O) groups is 1. The van der Waals surface area contributed by atoms with Crippen LogP contribution in [0.3, 0.4) is 0 Å². The van der Waals surface area contributed by atoms with E-state index in [2.05, 4.69) is 20.4 Å². The molecule has 1 aromatic carbocycles. The highest BCUT2D eigenvalue weighted by molar-refractivity contribution is 5.90. The number of benzene rings is 1. The number of amides is 2. The second kappa shape index (κ2) is 7.08. The van der Waals surface area contributed by atoms with Gasteiger partial charge in [-0.15, -0.1) is 0 Å². The van der Waals surface area contributed by atoms with Crippen molar-refractivity contribution in [3.8, 4) is 17.6 Å². The minimum absolute atomic E-state index is 0.130. The fourth-order valence-electron chi connectivity index (χ4n) is 3.12. The third-order valence-electron chi connectivity index (χ3n) is 4.59. The zero-order valence-electron chi connectivity index (χ0n) is 14.9. The Bertz CT molecular complexity index is 1080. The van der Waals surface area contributed by atoms with Crippen LogP contribution >= 0.6 is 0 Å². The highest BCUT2D eigenvalue weighted by atomic mass is 19.1. The molecule has 1 atom stereocenters. The van der Waals surface area contributed by atoms with E-state index in [1.54, 1.807) is 29.4 Å². The number of anilines is 1. The summed E-state index contributed by atoms with van der Waals surface area (Å²) in [5.74, 6) is 0.501. The second-order valence-electron chi connectivity index (χ2n) is 6.42. The zero-order chi connectivity index (χ0) is 19.7. The summed E-state index contributed by atoms with van der Waals surface area (Å²) in [4.78, 5) is 22.8. The lowest BCUT2D eigenvalue weighted by Gasteiger charge is -2.32. The van der Waals surface area contributed by atoms with Crippen LogP contribution in [-0.2, 0) is 13.0 Å². The molecule has 0 unspecified atom stereocenters. The Balaban J connectivity index is 1.58. The van der Waals surface area contributed by atoms with Crippen molar-refractivity contribution in [3.05, 3.63) is 59.4 Å². The molecule has 8 nitrogen and oxygen atoms in total. The van der Waals surface area contributed by atoms with E-state index in [9.17, 15) is 9.18 Å². The maximum absolute atomic E-state index is 13.5. The van der Waals surface area contributed by atoms with Crippen molar-refractivity contribution in [1.82, 2.24) is 20.0 Å². The van der Waals surface area contributed by atoms with E-state index < -0.39 is 5.82 Å². The van der Waals surface area contributed by atoms with Crippen LogP contribution in [0.4, 0.5) is 14.9 Å². The van der Waals surface area contributed by atoms with Crippen molar-refractivity contribution < 1.29 is 13.7 Å². The molecule has 0 spiro atoms. The van der Waals surface area contributed by atoms with E-state index in [0.29, 0.717) is 29.4 Å². The van der Waals surface area contributed by atoms with E-state index >= 15 is 0 Å². The molecule has 3 aromatic rings. The summed E-state index contributed by atoms with van der Waals surface area (Å²) in [6.45, 7) is 2.17. The van der Waals surface area contributed by atoms with Gasteiger partial charge in [-0.05, 0) is 31.2 Å². The molecule has 28 heavy (non-hydrogen) atoms. The minimum Gasteiger partial charge on any atom is -0.360 e. The van der Waals surface area contributed by atoms with E-state index in [0.717, 1.165) is 11.6 Å². The molecule has 0 aliphatic carbocycles. The molecule has 0 radical (unpaired) electrons. The first-order valence-electron chi connectivity index (χ1n) is 8.59. The Hall–Kier alpha value is -3.80. The Kier molecular flexibility index (Phi) is 4.45. The molecule has 140 valence electrons. The van der Waals surface area contributed by atoms with Crippen molar-refractivity contribution >= 4 is 11.7 Å². The summed E-state index contributed by atoms with van der Waals surface area (Å²) < 4.78 is 18.9. The minimum atomic E-state index is -0.631. The molecule has 1 aliphatic heterocycles. The van der Waals surface area contributed by atoms with Crippen LogP contribution in [0.15, 0.2) is 41.2 Å². The molecule has 4 rings (SSSR count). The van der Waals surface area contributed by atoms with Gasteiger partial charge in [0.15, 0.2) is 11.5 Å². The first-order valence-corrected chi connectivity index (χ1v) is 8.59. The lowest BCUT2D eigenvalue weighted by Crippen LogP contribution is -2.44. The van der Waals surface area contributed by atoms with Crippen LogP contribution in [0.1, 0.15) is 23.8 Å². The number of carbonyl (C=O) groups excluding carboxylic acids is 1. The van der Waals surface area contributed by atoms with Gasteiger partial charge in [0, 0.05) is 36.1 Å². The number of nitrogens with one attached hydrogen (secondary N) is 1.